The third-order valence-corrected chi connectivity index (χ3v) is 7.37. The van der Waals surface area contributed by atoms with E-state index in [1.165, 1.54) is 34.4 Å². The zero-order chi connectivity index (χ0) is 23.8. The van der Waals surface area contributed by atoms with Gasteiger partial charge in [-0.05, 0) is 97.9 Å². The number of alkyl halides is 3. The van der Waals surface area contributed by atoms with Gasteiger partial charge in [0.15, 0.2) is 0 Å². The molecule has 1 fully saturated rings. The molecule has 1 aliphatic carbocycles. The lowest BCUT2D eigenvalue weighted by Gasteiger charge is -2.39. The molecule has 1 saturated heterocycles. The molecule has 0 saturated carbocycles. The van der Waals surface area contributed by atoms with Crippen molar-refractivity contribution >= 4 is 5.69 Å². The molecule has 2 aliphatic rings. The first-order valence-corrected chi connectivity index (χ1v) is 11.7. The van der Waals surface area contributed by atoms with Crippen molar-refractivity contribution in [2.45, 2.75) is 70.0 Å². The zero-order valence-electron chi connectivity index (χ0n) is 19.3. The largest absolute Gasteiger partial charge is 0.416 e. The molecule has 2 aromatic carbocycles. The van der Waals surface area contributed by atoms with Crippen LogP contribution in [0.5, 0.6) is 0 Å². The predicted octanol–water partition coefficient (Wildman–Crippen LogP) is 7.53. The van der Waals surface area contributed by atoms with E-state index in [9.17, 15) is 18.1 Å². The van der Waals surface area contributed by atoms with Crippen LogP contribution in [0, 0.1) is 4.91 Å². The molecule has 0 bridgehead atoms. The van der Waals surface area contributed by atoms with Gasteiger partial charge in [-0.1, -0.05) is 29.8 Å². The normalized spacial score (nSPS) is 19.9. The molecular weight excluding hydrogens is 425 g/mol. The maximum atomic E-state index is 12.9. The monoisotopic (exact) mass is 456 g/mol. The summed E-state index contributed by atoms with van der Waals surface area (Å²) in [7, 11) is 0. The lowest BCUT2D eigenvalue weighted by atomic mass is 9.77. The van der Waals surface area contributed by atoms with Crippen LogP contribution < -0.4 is 4.90 Å². The van der Waals surface area contributed by atoms with Gasteiger partial charge in [0, 0.05) is 18.8 Å². The summed E-state index contributed by atoms with van der Waals surface area (Å²) in [4.78, 5) is 14.3. The van der Waals surface area contributed by atoms with Crippen molar-refractivity contribution in [3.8, 4) is 0 Å². The van der Waals surface area contributed by atoms with Crippen LogP contribution in [0.3, 0.4) is 0 Å². The highest BCUT2D eigenvalue weighted by Gasteiger charge is 2.40. The number of nitroso groups, excluding NO2 is 1. The molecule has 1 aliphatic heterocycles. The topological polar surface area (TPSA) is 32.7 Å². The van der Waals surface area contributed by atoms with Crippen LogP contribution in [0.1, 0.15) is 73.3 Å². The first kappa shape index (κ1) is 23.5. The number of anilines is 1. The second-order valence-electron chi connectivity index (χ2n) is 9.61. The van der Waals surface area contributed by atoms with Gasteiger partial charge < -0.3 is 4.90 Å². The van der Waals surface area contributed by atoms with E-state index < -0.39 is 17.3 Å². The molecule has 2 aromatic rings. The lowest BCUT2D eigenvalue weighted by Crippen LogP contribution is -2.42. The summed E-state index contributed by atoms with van der Waals surface area (Å²) in [6, 6.07) is 9.78. The van der Waals surface area contributed by atoms with Gasteiger partial charge >= 0.3 is 6.18 Å². The Morgan fingerprint density at radius 3 is 2.39 bits per heavy atom. The minimum absolute atomic E-state index is 0.499. The van der Waals surface area contributed by atoms with Crippen LogP contribution >= 0.6 is 0 Å². The molecule has 0 aromatic heterocycles. The van der Waals surface area contributed by atoms with Gasteiger partial charge in [0.05, 0.1) is 5.56 Å². The molecule has 1 unspecified atom stereocenters. The first-order valence-electron chi connectivity index (χ1n) is 11.7. The third-order valence-electron chi connectivity index (χ3n) is 7.37. The molecule has 0 spiro atoms. The van der Waals surface area contributed by atoms with Gasteiger partial charge in [-0.25, -0.2) is 0 Å². The van der Waals surface area contributed by atoms with E-state index in [1.54, 1.807) is 0 Å². The summed E-state index contributed by atoms with van der Waals surface area (Å²) < 4.78 is 38.7. The summed E-state index contributed by atoms with van der Waals surface area (Å²) in [5.74, 6) is 0.499. The molecule has 6 heteroatoms. The number of benzene rings is 2. The maximum absolute atomic E-state index is 12.9. The number of aryl methyl sites for hydroxylation is 2. The van der Waals surface area contributed by atoms with Crippen LogP contribution in [0.25, 0.3) is 0 Å². The first-order chi connectivity index (χ1) is 15.7. The van der Waals surface area contributed by atoms with Gasteiger partial charge in [0.25, 0.3) is 0 Å². The van der Waals surface area contributed by atoms with Crippen LogP contribution in [-0.2, 0) is 24.6 Å². The summed E-state index contributed by atoms with van der Waals surface area (Å²) >= 11 is 0. The van der Waals surface area contributed by atoms with E-state index >= 15 is 0 Å². The van der Waals surface area contributed by atoms with Crippen LogP contribution in [0.2, 0.25) is 0 Å². The van der Waals surface area contributed by atoms with E-state index in [1.807, 2.05) is 4.90 Å². The van der Waals surface area contributed by atoms with Crippen LogP contribution in [0.4, 0.5) is 18.9 Å². The summed E-state index contributed by atoms with van der Waals surface area (Å²) in [6.45, 7) is 9.43. The van der Waals surface area contributed by atoms with Crippen molar-refractivity contribution in [2.24, 2.45) is 5.18 Å². The van der Waals surface area contributed by atoms with E-state index in [4.69, 9.17) is 0 Å². The fourth-order valence-electron chi connectivity index (χ4n) is 5.55. The highest BCUT2D eigenvalue weighted by atomic mass is 19.4. The Hall–Kier alpha value is -2.63. The SMILES string of the molecule is C=C(C)CC1CCc2cc(C3(N=O)CCN(c4ccc(C(F)(F)F)cc4)CC3)c(CC)cc21. The molecule has 33 heavy (non-hydrogen) atoms. The zero-order valence-corrected chi connectivity index (χ0v) is 19.3. The second kappa shape index (κ2) is 8.96. The number of halogens is 3. The average Bonchev–Trinajstić information content (AvgIpc) is 3.18. The standard InChI is InChI=1S/C27H31F3N2O/c1-4-19-16-24-20(15-18(2)3)5-6-21(24)17-25(19)26(31-33)11-13-32(14-12-26)23-9-7-22(8-10-23)27(28,29)30/h7-10,16-17,20H,2,4-6,11-15H2,1,3H3. The number of allylic oxidation sites excluding steroid dienone is 1. The Morgan fingerprint density at radius 2 is 1.85 bits per heavy atom. The Kier molecular flexibility index (Phi) is 6.39. The third kappa shape index (κ3) is 4.57. The fraction of sp³-hybridized carbons (Fsp3) is 0.481. The average molecular weight is 457 g/mol. The molecule has 4 rings (SSSR count). The molecule has 1 atom stereocenters. The molecule has 0 radical (unpaired) electrons. The van der Waals surface area contributed by atoms with E-state index in [-0.39, 0.29) is 0 Å². The quantitative estimate of drug-likeness (QED) is 0.332. The van der Waals surface area contributed by atoms with Crippen molar-refractivity contribution in [1.82, 2.24) is 0 Å². The van der Waals surface area contributed by atoms with Gasteiger partial charge in [0.1, 0.15) is 5.54 Å². The Labute approximate surface area is 193 Å². The number of hydrogen-bond donors (Lipinski definition) is 0. The molecule has 3 nitrogen and oxygen atoms in total. The van der Waals surface area contributed by atoms with Gasteiger partial charge in [-0.15, -0.1) is 11.5 Å². The maximum Gasteiger partial charge on any atom is 0.416 e. The highest BCUT2D eigenvalue weighted by molar-refractivity contribution is 5.51. The minimum Gasteiger partial charge on any atom is -0.371 e. The van der Waals surface area contributed by atoms with Crippen LogP contribution in [0.15, 0.2) is 53.7 Å². The predicted molar refractivity (Wildman–Crippen MR) is 127 cm³/mol. The van der Waals surface area contributed by atoms with Gasteiger partial charge in [0.2, 0.25) is 0 Å². The summed E-state index contributed by atoms with van der Waals surface area (Å²) in [6.07, 6.45) is 0.716. The minimum atomic E-state index is -4.34. The van der Waals surface area contributed by atoms with E-state index in [2.05, 4.69) is 37.7 Å². The van der Waals surface area contributed by atoms with Crippen LogP contribution in [-0.4, -0.2) is 13.1 Å². The van der Waals surface area contributed by atoms with E-state index in [0.717, 1.165) is 49.1 Å². The molecular formula is C27H31F3N2O. The molecule has 0 N–H and O–H groups in total. The molecule has 176 valence electrons. The summed E-state index contributed by atoms with van der Waals surface area (Å²) in [5, 5.41) is 3.69. The second-order valence-corrected chi connectivity index (χ2v) is 9.61. The highest BCUT2D eigenvalue weighted by Crippen LogP contribution is 2.45. The fourth-order valence-corrected chi connectivity index (χ4v) is 5.55. The number of fused-ring (bicyclic) bond motifs is 1. The van der Waals surface area contributed by atoms with Crippen molar-refractivity contribution in [3.05, 3.63) is 81.3 Å². The van der Waals surface area contributed by atoms with Crippen molar-refractivity contribution in [2.75, 3.05) is 18.0 Å². The number of piperidine rings is 1. The Morgan fingerprint density at radius 1 is 1.18 bits per heavy atom. The van der Waals surface area contributed by atoms with E-state index in [0.29, 0.717) is 31.8 Å². The van der Waals surface area contributed by atoms with Crippen molar-refractivity contribution in [3.63, 3.8) is 0 Å². The summed E-state index contributed by atoms with van der Waals surface area (Å²) in [5.41, 5.74) is 5.44. The Balaban J connectivity index is 1.57. The molecule has 0 amide bonds. The molecule has 1 heterocycles. The number of hydrogen-bond acceptors (Lipinski definition) is 3. The van der Waals surface area contributed by atoms with Crippen molar-refractivity contribution in [1.29, 1.82) is 0 Å². The van der Waals surface area contributed by atoms with Gasteiger partial charge in [-0.2, -0.15) is 13.2 Å². The van der Waals surface area contributed by atoms with Crippen molar-refractivity contribution < 1.29 is 13.2 Å². The lowest BCUT2D eigenvalue weighted by molar-refractivity contribution is -0.137. The Bertz CT molecular complexity index is 1030. The number of nitrogens with zero attached hydrogens (tertiary/aromatic N) is 2. The number of rotatable bonds is 6. The van der Waals surface area contributed by atoms with Gasteiger partial charge in [-0.3, -0.25) is 0 Å². The smallest absolute Gasteiger partial charge is 0.371 e.